The Labute approximate surface area is 138 Å². The molecule has 1 heterocycles. The van der Waals surface area contributed by atoms with E-state index >= 15 is 0 Å². The van der Waals surface area contributed by atoms with E-state index < -0.39 is 23.5 Å². The van der Waals surface area contributed by atoms with Crippen LogP contribution in [0.2, 0.25) is 10.0 Å². The Bertz CT molecular complexity index is 759. The molecule has 2 aromatic rings. The second kappa shape index (κ2) is 6.21. The highest BCUT2D eigenvalue weighted by atomic mass is 35.5. The maximum absolute atomic E-state index is 12.7. The summed E-state index contributed by atoms with van der Waals surface area (Å²) in [6, 6.07) is 2.56. The van der Waals surface area contributed by atoms with Crippen LogP contribution in [0.4, 0.5) is 18.9 Å². The Balaban J connectivity index is 2.39. The van der Waals surface area contributed by atoms with Crippen molar-refractivity contribution in [1.29, 1.82) is 0 Å². The van der Waals surface area contributed by atoms with E-state index in [1.807, 2.05) is 0 Å². The monoisotopic (exact) mass is 365 g/mol. The molecule has 0 saturated heterocycles. The quantitative estimate of drug-likeness (QED) is 0.495. The molecule has 0 aliphatic carbocycles. The number of alkyl halides is 3. The SMILES string of the molecule is Cc1ncc(C(F)(F)F)nc1C(=O)Oc1c(Cl)cc(N)cc1Cl. The number of carbonyl (C=O) groups is 1. The second-order valence-corrected chi connectivity index (χ2v) is 5.20. The molecule has 0 bridgehead atoms. The molecule has 0 unspecified atom stereocenters. The molecule has 0 atom stereocenters. The summed E-state index contributed by atoms with van der Waals surface area (Å²) in [5.41, 5.74) is 3.79. The van der Waals surface area contributed by atoms with Crippen LogP contribution in [-0.2, 0) is 6.18 Å². The van der Waals surface area contributed by atoms with Gasteiger partial charge < -0.3 is 10.5 Å². The van der Waals surface area contributed by atoms with Crippen LogP contribution in [0.5, 0.6) is 5.75 Å². The zero-order valence-corrected chi connectivity index (χ0v) is 12.9. The molecular weight excluding hydrogens is 358 g/mol. The smallest absolute Gasteiger partial charge is 0.419 e. The summed E-state index contributed by atoms with van der Waals surface area (Å²) in [4.78, 5) is 18.8. The molecule has 0 radical (unpaired) electrons. The molecule has 0 fully saturated rings. The normalized spacial score (nSPS) is 11.4. The number of aromatic nitrogens is 2. The summed E-state index contributed by atoms with van der Waals surface area (Å²) in [5, 5.41) is -0.137. The molecule has 10 heteroatoms. The van der Waals surface area contributed by atoms with Crippen molar-refractivity contribution >= 4 is 34.9 Å². The molecule has 0 aliphatic heterocycles. The lowest BCUT2D eigenvalue weighted by Crippen LogP contribution is -2.18. The second-order valence-electron chi connectivity index (χ2n) is 4.39. The Hall–Kier alpha value is -2.06. The minimum Gasteiger partial charge on any atom is -0.419 e. The average Bonchev–Trinajstić information content (AvgIpc) is 2.41. The van der Waals surface area contributed by atoms with Crippen LogP contribution in [0.25, 0.3) is 0 Å². The molecule has 0 spiro atoms. The summed E-state index contributed by atoms with van der Waals surface area (Å²) in [5.74, 6) is -1.40. The van der Waals surface area contributed by atoms with Crippen LogP contribution in [-0.4, -0.2) is 15.9 Å². The molecule has 0 aliphatic rings. The number of aryl methyl sites for hydroxylation is 1. The number of rotatable bonds is 2. The maximum Gasteiger partial charge on any atom is 0.434 e. The predicted molar refractivity (Wildman–Crippen MR) is 77.6 cm³/mol. The summed E-state index contributed by atoms with van der Waals surface area (Å²) < 4.78 is 42.9. The highest BCUT2D eigenvalue weighted by Gasteiger charge is 2.34. The third kappa shape index (κ3) is 3.83. The van der Waals surface area contributed by atoms with Gasteiger partial charge >= 0.3 is 12.1 Å². The van der Waals surface area contributed by atoms with Crippen molar-refractivity contribution in [2.75, 3.05) is 5.73 Å². The zero-order chi connectivity index (χ0) is 17.4. The van der Waals surface area contributed by atoms with E-state index in [-0.39, 0.29) is 27.2 Å². The summed E-state index contributed by atoms with van der Waals surface area (Å²) in [6.45, 7) is 1.32. The van der Waals surface area contributed by atoms with Gasteiger partial charge in [-0.2, -0.15) is 13.2 Å². The predicted octanol–water partition coefficient (Wildman–Crippen LogP) is 3.91. The van der Waals surface area contributed by atoms with Crippen molar-refractivity contribution in [2.24, 2.45) is 0 Å². The van der Waals surface area contributed by atoms with E-state index in [9.17, 15) is 18.0 Å². The Morgan fingerprint density at radius 2 is 1.83 bits per heavy atom. The fourth-order valence-corrected chi connectivity index (χ4v) is 2.18. The fourth-order valence-electron chi connectivity index (χ4n) is 1.60. The van der Waals surface area contributed by atoms with Gasteiger partial charge in [-0.15, -0.1) is 0 Å². The van der Waals surface area contributed by atoms with E-state index in [0.717, 1.165) is 0 Å². The number of halogens is 5. The summed E-state index contributed by atoms with van der Waals surface area (Å²) >= 11 is 11.7. The van der Waals surface area contributed by atoms with Gasteiger partial charge in [-0.25, -0.2) is 9.78 Å². The Kier molecular flexibility index (Phi) is 4.67. The molecule has 2 rings (SSSR count). The number of benzene rings is 1. The minimum atomic E-state index is -4.74. The first-order chi connectivity index (χ1) is 10.6. The van der Waals surface area contributed by atoms with E-state index in [1.165, 1.54) is 19.1 Å². The molecule has 122 valence electrons. The van der Waals surface area contributed by atoms with Gasteiger partial charge in [0.25, 0.3) is 0 Å². The number of hydrogen-bond donors (Lipinski definition) is 1. The summed E-state index contributed by atoms with van der Waals surface area (Å²) in [7, 11) is 0. The molecule has 1 aromatic carbocycles. The lowest BCUT2D eigenvalue weighted by Gasteiger charge is -2.11. The van der Waals surface area contributed by atoms with Crippen molar-refractivity contribution in [3.05, 3.63) is 45.5 Å². The highest BCUT2D eigenvalue weighted by molar-refractivity contribution is 6.37. The van der Waals surface area contributed by atoms with Gasteiger partial charge in [0.15, 0.2) is 17.1 Å². The topological polar surface area (TPSA) is 78.1 Å². The Morgan fingerprint density at radius 3 is 2.35 bits per heavy atom. The number of hydrogen-bond acceptors (Lipinski definition) is 5. The third-order valence-electron chi connectivity index (χ3n) is 2.65. The van der Waals surface area contributed by atoms with Gasteiger partial charge in [0.1, 0.15) is 0 Å². The van der Waals surface area contributed by atoms with Gasteiger partial charge in [-0.05, 0) is 19.1 Å². The first-order valence-electron chi connectivity index (χ1n) is 5.97. The van der Waals surface area contributed by atoms with Crippen LogP contribution in [0.15, 0.2) is 18.3 Å². The number of esters is 1. The van der Waals surface area contributed by atoms with Crippen LogP contribution < -0.4 is 10.5 Å². The van der Waals surface area contributed by atoms with Crippen LogP contribution in [0.1, 0.15) is 21.9 Å². The van der Waals surface area contributed by atoms with E-state index in [2.05, 4.69) is 9.97 Å². The maximum atomic E-state index is 12.7. The summed E-state index contributed by atoms with van der Waals surface area (Å²) in [6.07, 6.45) is -4.22. The standard InChI is InChI=1S/C13H8Cl2F3N3O2/c1-5-10(21-9(4-20-5)13(16,17)18)12(22)23-11-7(14)2-6(19)3-8(11)15/h2-4H,19H2,1H3. The third-order valence-corrected chi connectivity index (χ3v) is 3.22. The van der Waals surface area contributed by atoms with Gasteiger partial charge in [-0.3, -0.25) is 4.98 Å². The van der Waals surface area contributed by atoms with Crippen molar-refractivity contribution in [3.8, 4) is 5.75 Å². The Morgan fingerprint density at radius 1 is 1.26 bits per heavy atom. The molecule has 1 aromatic heterocycles. The van der Waals surface area contributed by atoms with Gasteiger partial charge in [0.05, 0.1) is 21.9 Å². The van der Waals surface area contributed by atoms with Crippen molar-refractivity contribution in [3.63, 3.8) is 0 Å². The van der Waals surface area contributed by atoms with Crippen molar-refractivity contribution in [2.45, 2.75) is 13.1 Å². The van der Waals surface area contributed by atoms with Crippen molar-refractivity contribution < 1.29 is 22.7 Å². The number of ether oxygens (including phenoxy) is 1. The van der Waals surface area contributed by atoms with Gasteiger partial charge in [-0.1, -0.05) is 23.2 Å². The molecule has 23 heavy (non-hydrogen) atoms. The number of nitrogens with zero attached hydrogens (tertiary/aromatic N) is 2. The van der Waals surface area contributed by atoms with E-state index in [1.54, 1.807) is 0 Å². The van der Waals surface area contributed by atoms with Crippen LogP contribution >= 0.6 is 23.2 Å². The highest BCUT2D eigenvalue weighted by Crippen LogP contribution is 2.35. The molecule has 0 saturated carbocycles. The number of nitrogens with two attached hydrogens (primary N) is 1. The largest absolute Gasteiger partial charge is 0.434 e. The van der Waals surface area contributed by atoms with Crippen LogP contribution in [0, 0.1) is 6.92 Å². The lowest BCUT2D eigenvalue weighted by atomic mass is 10.3. The average molecular weight is 366 g/mol. The lowest BCUT2D eigenvalue weighted by molar-refractivity contribution is -0.141. The van der Waals surface area contributed by atoms with E-state index in [4.69, 9.17) is 33.7 Å². The zero-order valence-electron chi connectivity index (χ0n) is 11.4. The molecular formula is C13H8Cl2F3N3O2. The molecule has 0 amide bonds. The minimum absolute atomic E-state index is 0.0364. The van der Waals surface area contributed by atoms with Crippen LogP contribution in [0.3, 0.4) is 0 Å². The fraction of sp³-hybridized carbons (Fsp3) is 0.154. The van der Waals surface area contributed by atoms with Gasteiger partial charge in [0.2, 0.25) is 0 Å². The van der Waals surface area contributed by atoms with E-state index in [0.29, 0.717) is 6.20 Å². The first kappa shape index (κ1) is 17.3. The molecule has 2 N–H and O–H groups in total. The first-order valence-corrected chi connectivity index (χ1v) is 6.72. The number of anilines is 1. The van der Waals surface area contributed by atoms with Gasteiger partial charge in [0, 0.05) is 5.69 Å². The number of nitrogen functional groups attached to an aromatic ring is 1. The number of carbonyl (C=O) groups excluding carboxylic acids is 1. The van der Waals surface area contributed by atoms with Crippen molar-refractivity contribution in [1.82, 2.24) is 9.97 Å². The molecule has 5 nitrogen and oxygen atoms in total.